The van der Waals surface area contributed by atoms with E-state index in [2.05, 4.69) is 33.0 Å². The lowest BCUT2D eigenvalue weighted by Gasteiger charge is -2.41. The van der Waals surface area contributed by atoms with E-state index in [1.54, 1.807) is 0 Å². The molecule has 0 spiro atoms. The standard InChI is InChI=1S/C18H25Cl2N/c1-11(14-10-13(19)5-6-15(14)20)21-16-9-12-7-8-18(16,4)17(12,2)3/h5-6,10-12,16,21H,7-9H2,1-4H3. The summed E-state index contributed by atoms with van der Waals surface area (Å²) in [7, 11) is 0. The molecule has 4 unspecified atom stereocenters. The minimum Gasteiger partial charge on any atom is -0.307 e. The van der Waals surface area contributed by atoms with Crippen molar-refractivity contribution in [3.05, 3.63) is 33.8 Å². The Kier molecular flexibility index (Phi) is 3.83. The maximum absolute atomic E-state index is 6.35. The summed E-state index contributed by atoms with van der Waals surface area (Å²) < 4.78 is 0. The summed E-state index contributed by atoms with van der Waals surface area (Å²) in [6.07, 6.45) is 4.00. The van der Waals surface area contributed by atoms with E-state index in [9.17, 15) is 0 Å². The van der Waals surface area contributed by atoms with Crippen LogP contribution in [0.25, 0.3) is 0 Å². The summed E-state index contributed by atoms with van der Waals surface area (Å²) in [5.41, 5.74) is 1.92. The topological polar surface area (TPSA) is 12.0 Å². The van der Waals surface area contributed by atoms with E-state index in [4.69, 9.17) is 23.2 Å². The molecule has 0 aliphatic heterocycles. The van der Waals surface area contributed by atoms with Crippen molar-refractivity contribution in [2.75, 3.05) is 0 Å². The van der Waals surface area contributed by atoms with Crippen LogP contribution in [-0.2, 0) is 0 Å². The SMILES string of the molecule is CC(NC1CC2CCC1(C)C2(C)C)c1cc(Cl)ccc1Cl. The first-order valence-electron chi connectivity index (χ1n) is 7.97. The predicted octanol–water partition coefficient (Wildman–Crippen LogP) is 5.86. The first kappa shape index (κ1) is 15.6. The Labute approximate surface area is 138 Å². The van der Waals surface area contributed by atoms with Crippen LogP contribution in [0, 0.1) is 16.7 Å². The lowest BCUT2D eigenvalue weighted by atomic mass is 9.69. The van der Waals surface area contributed by atoms with E-state index in [0.29, 0.717) is 16.9 Å². The normalized spacial score (nSPS) is 35.1. The van der Waals surface area contributed by atoms with Crippen LogP contribution < -0.4 is 5.32 Å². The highest BCUT2D eigenvalue weighted by Gasteiger charge is 2.61. The monoisotopic (exact) mass is 325 g/mol. The Hall–Kier alpha value is -0.240. The first-order valence-corrected chi connectivity index (χ1v) is 8.72. The lowest BCUT2D eigenvalue weighted by Crippen LogP contribution is -2.45. The molecule has 2 bridgehead atoms. The highest BCUT2D eigenvalue weighted by molar-refractivity contribution is 6.33. The van der Waals surface area contributed by atoms with Crippen molar-refractivity contribution >= 4 is 23.2 Å². The zero-order valence-corrected chi connectivity index (χ0v) is 14.9. The van der Waals surface area contributed by atoms with Crippen LogP contribution in [0.1, 0.15) is 58.6 Å². The van der Waals surface area contributed by atoms with Crippen LogP contribution in [0.2, 0.25) is 10.0 Å². The highest BCUT2D eigenvalue weighted by Crippen LogP contribution is 2.65. The van der Waals surface area contributed by atoms with Crippen molar-refractivity contribution in [1.82, 2.24) is 5.32 Å². The largest absolute Gasteiger partial charge is 0.307 e. The van der Waals surface area contributed by atoms with Gasteiger partial charge < -0.3 is 5.32 Å². The van der Waals surface area contributed by atoms with Gasteiger partial charge in [-0.2, -0.15) is 0 Å². The zero-order valence-electron chi connectivity index (χ0n) is 13.3. The van der Waals surface area contributed by atoms with Gasteiger partial charge in [0.25, 0.3) is 0 Å². The molecule has 0 aromatic heterocycles. The molecule has 2 fully saturated rings. The third-order valence-corrected chi connectivity index (χ3v) is 7.25. The minimum absolute atomic E-state index is 0.230. The second-order valence-corrected chi connectivity index (χ2v) is 8.56. The fourth-order valence-corrected chi connectivity index (χ4v) is 5.16. The fraction of sp³-hybridized carbons (Fsp3) is 0.667. The van der Waals surface area contributed by atoms with Gasteiger partial charge in [-0.05, 0) is 66.7 Å². The molecule has 1 aromatic carbocycles. The number of benzene rings is 1. The van der Waals surface area contributed by atoms with Crippen molar-refractivity contribution in [3.8, 4) is 0 Å². The molecule has 4 atom stereocenters. The minimum atomic E-state index is 0.230. The molecule has 3 heteroatoms. The summed E-state index contributed by atoms with van der Waals surface area (Å²) in [5, 5.41) is 5.40. The maximum atomic E-state index is 6.35. The van der Waals surface area contributed by atoms with E-state index in [1.807, 2.05) is 18.2 Å². The Morgan fingerprint density at radius 3 is 2.52 bits per heavy atom. The van der Waals surface area contributed by atoms with E-state index in [1.165, 1.54) is 19.3 Å². The second kappa shape index (κ2) is 5.15. The van der Waals surface area contributed by atoms with Crippen LogP contribution in [0.4, 0.5) is 0 Å². The number of fused-ring (bicyclic) bond motifs is 2. The van der Waals surface area contributed by atoms with Crippen LogP contribution in [0.15, 0.2) is 18.2 Å². The van der Waals surface area contributed by atoms with Gasteiger partial charge in [0.05, 0.1) is 0 Å². The highest BCUT2D eigenvalue weighted by atomic mass is 35.5. The van der Waals surface area contributed by atoms with Gasteiger partial charge in [0.15, 0.2) is 0 Å². The van der Waals surface area contributed by atoms with Crippen molar-refractivity contribution < 1.29 is 0 Å². The molecule has 2 saturated carbocycles. The Morgan fingerprint density at radius 2 is 1.95 bits per heavy atom. The summed E-state index contributed by atoms with van der Waals surface area (Å²) in [4.78, 5) is 0. The van der Waals surface area contributed by atoms with Gasteiger partial charge in [-0.1, -0.05) is 44.0 Å². The molecule has 1 N–H and O–H groups in total. The van der Waals surface area contributed by atoms with Crippen LogP contribution in [0.5, 0.6) is 0 Å². The molecule has 1 aromatic rings. The van der Waals surface area contributed by atoms with Crippen molar-refractivity contribution in [1.29, 1.82) is 0 Å². The van der Waals surface area contributed by atoms with Crippen molar-refractivity contribution in [2.45, 2.75) is 59.0 Å². The molecular formula is C18H25Cl2N. The third kappa shape index (κ3) is 2.33. The zero-order chi connectivity index (χ0) is 15.4. The molecule has 0 saturated heterocycles. The molecule has 3 rings (SSSR count). The number of hydrogen-bond acceptors (Lipinski definition) is 1. The number of nitrogens with one attached hydrogen (secondary N) is 1. The maximum Gasteiger partial charge on any atom is 0.0454 e. The first-order chi connectivity index (χ1) is 9.75. The molecular weight excluding hydrogens is 301 g/mol. The average Bonchev–Trinajstić information content (AvgIpc) is 2.74. The quantitative estimate of drug-likeness (QED) is 0.733. The summed E-state index contributed by atoms with van der Waals surface area (Å²) in [6, 6.07) is 6.53. The Bertz CT molecular complexity index is 554. The molecule has 0 heterocycles. The van der Waals surface area contributed by atoms with E-state index in [0.717, 1.165) is 21.5 Å². The van der Waals surface area contributed by atoms with Crippen LogP contribution in [0.3, 0.4) is 0 Å². The van der Waals surface area contributed by atoms with E-state index in [-0.39, 0.29) is 6.04 Å². The van der Waals surface area contributed by atoms with Gasteiger partial charge in [-0.3, -0.25) is 0 Å². The van der Waals surface area contributed by atoms with Gasteiger partial charge in [-0.15, -0.1) is 0 Å². The second-order valence-electron chi connectivity index (χ2n) is 7.72. The van der Waals surface area contributed by atoms with Gasteiger partial charge in [-0.25, -0.2) is 0 Å². The molecule has 2 aliphatic carbocycles. The molecule has 0 radical (unpaired) electrons. The number of halogens is 2. The number of hydrogen-bond donors (Lipinski definition) is 1. The fourth-order valence-electron chi connectivity index (χ4n) is 4.69. The average molecular weight is 326 g/mol. The third-order valence-electron chi connectivity index (χ3n) is 6.67. The molecule has 116 valence electrons. The van der Waals surface area contributed by atoms with E-state index >= 15 is 0 Å². The summed E-state index contributed by atoms with van der Waals surface area (Å²) in [5.74, 6) is 0.849. The molecule has 0 amide bonds. The summed E-state index contributed by atoms with van der Waals surface area (Å²) >= 11 is 12.5. The van der Waals surface area contributed by atoms with Gasteiger partial charge in [0.1, 0.15) is 0 Å². The number of rotatable bonds is 3. The predicted molar refractivity (Wildman–Crippen MR) is 91.0 cm³/mol. The Morgan fingerprint density at radius 1 is 1.24 bits per heavy atom. The van der Waals surface area contributed by atoms with Gasteiger partial charge in [0.2, 0.25) is 0 Å². The van der Waals surface area contributed by atoms with Crippen molar-refractivity contribution in [3.63, 3.8) is 0 Å². The molecule has 1 nitrogen and oxygen atoms in total. The smallest absolute Gasteiger partial charge is 0.0454 e. The van der Waals surface area contributed by atoms with Gasteiger partial charge in [0, 0.05) is 22.1 Å². The van der Waals surface area contributed by atoms with Crippen LogP contribution in [-0.4, -0.2) is 6.04 Å². The molecule has 2 aliphatic rings. The molecule has 21 heavy (non-hydrogen) atoms. The van der Waals surface area contributed by atoms with E-state index < -0.39 is 0 Å². The van der Waals surface area contributed by atoms with Gasteiger partial charge >= 0.3 is 0 Å². The summed E-state index contributed by atoms with van der Waals surface area (Å²) in [6.45, 7) is 9.55. The lowest BCUT2D eigenvalue weighted by molar-refractivity contribution is 0.116. The Balaban J connectivity index is 1.80. The van der Waals surface area contributed by atoms with Crippen LogP contribution >= 0.6 is 23.2 Å². The van der Waals surface area contributed by atoms with Crippen molar-refractivity contribution in [2.24, 2.45) is 16.7 Å².